The van der Waals surface area contributed by atoms with E-state index in [1.54, 1.807) is 23.1 Å². The number of phenols is 1. The van der Waals surface area contributed by atoms with Crippen molar-refractivity contribution in [3.63, 3.8) is 0 Å². The molecule has 7 heteroatoms. The molecule has 1 aromatic carbocycles. The number of hydrogen-bond donors (Lipinski definition) is 1. The van der Waals surface area contributed by atoms with E-state index in [4.69, 9.17) is 16.3 Å². The van der Waals surface area contributed by atoms with E-state index >= 15 is 0 Å². The Bertz CT molecular complexity index is 658. The lowest BCUT2D eigenvalue weighted by Crippen LogP contribution is -2.28. The second kappa shape index (κ2) is 7.07. The Balaban J connectivity index is 2.40. The summed E-state index contributed by atoms with van der Waals surface area (Å²) in [5.41, 5.74) is 0.685. The van der Waals surface area contributed by atoms with Crippen LogP contribution in [0.15, 0.2) is 22.0 Å². The number of ether oxygens (including phenoxy) is 1. The number of hydrogen-bond acceptors (Lipinski definition) is 5. The quantitative estimate of drug-likeness (QED) is 0.854. The van der Waals surface area contributed by atoms with Gasteiger partial charge in [0.1, 0.15) is 0 Å². The number of rotatable bonds is 4. The first kappa shape index (κ1) is 16.7. The number of benzene rings is 1. The van der Waals surface area contributed by atoms with Gasteiger partial charge in [0.2, 0.25) is 0 Å². The van der Waals surface area contributed by atoms with Crippen molar-refractivity contribution >= 4 is 40.5 Å². The van der Waals surface area contributed by atoms with Gasteiger partial charge in [-0.15, -0.1) is 0 Å². The van der Waals surface area contributed by atoms with Crippen LogP contribution >= 0.6 is 23.4 Å². The highest BCUT2D eigenvalue weighted by atomic mass is 35.5. The minimum Gasteiger partial charge on any atom is -0.503 e. The molecule has 0 radical (unpaired) electrons. The Morgan fingerprint density at radius 1 is 1.45 bits per heavy atom. The molecule has 1 fully saturated rings. The highest BCUT2D eigenvalue weighted by molar-refractivity contribution is 8.18. The highest BCUT2D eigenvalue weighted by Gasteiger charge is 2.31. The van der Waals surface area contributed by atoms with Crippen molar-refractivity contribution in [3.05, 3.63) is 27.6 Å². The first-order chi connectivity index (χ1) is 10.5. The molecular weight excluding hydrogens is 324 g/mol. The van der Waals surface area contributed by atoms with Crippen molar-refractivity contribution in [1.29, 1.82) is 0 Å². The van der Waals surface area contributed by atoms with Gasteiger partial charge in [-0.1, -0.05) is 11.6 Å². The smallest absolute Gasteiger partial charge is 0.266 e. The number of methoxy groups -OCH3 is 1. The first-order valence-electron chi connectivity index (χ1n) is 6.84. The zero-order chi connectivity index (χ0) is 16.3. The minimum absolute atomic E-state index is 0.0807. The lowest BCUT2D eigenvalue weighted by atomic mass is 10.2. The van der Waals surface area contributed by atoms with Crippen LogP contribution in [-0.4, -0.2) is 41.3 Å². The number of aliphatic imine (C=N–C) groups is 1. The molecule has 1 amide bonds. The molecule has 0 aliphatic carbocycles. The van der Waals surface area contributed by atoms with E-state index in [2.05, 4.69) is 4.99 Å². The molecule has 0 aromatic heterocycles. The summed E-state index contributed by atoms with van der Waals surface area (Å²) in [5, 5.41) is 10.6. The van der Waals surface area contributed by atoms with Gasteiger partial charge in [-0.3, -0.25) is 14.7 Å². The van der Waals surface area contributed by atoms with Crippen LogP contribution in [-0.2, 0) is 4.79 Å². The zero-order valence-electron chi connectivity index (χ0n) is 12.6. The summed E-state index contributed by atoms with van der Waals surface area (Å²) in [4.78, 5) is 18.9. The molecule has 5 nitrogen and oxygen atoms in total. The van der Waals surface area contributed by atoms with E-state index in [9.17, 15) is 9.90 Å². The maximum absolute atomic E-state index is 12.4. The fourth-order valence-corrected chi connectivity index (χ4v) is 3.35. The van der Waals surface area contributed by atoms with Crippen LogP contribution in [0.3, 0.4) is 0 Å². The fourth-order valence-electron chi connectivity index (χ4n) is 2.02. The number of carbonyl (C=O) groups is 1. The Hall–Kier alpha value is -1.66. The molecule has 22 heavy (non-hydrogen) atoms. The summed E-state index contributed by atoms with van der Waals surface area (Å²) in [6.45, 7) is 5.03. The van der Waals surface area contributed by atoms with Crippen LogP contribution in [0.4, 0.5) is 0 Å². The van der Waals surface area contributed by atoms with Gasteiger partial charge < -0.3 is 9.84 Å². The van der Waals surface area contributed by atoms with E-state index in [0.29, 0.717) is 28.7 Å². The van der Waals surface area contributed by atoms with Crippen molar-refractivity contribution in [2.45, 2.75) is 13.8 Å². The molecule has 0 unspecified atom stereocenters. The minimum atomic E-state index is -0.111. The number of amides is 1. The number of aromatic hydroxyl groups is 1. The number of carbonyl (C=O) groups excluding carboxylic acids is 1. The summed E-state index contributed by atoms with van der Waals surface area (Å²) >= 11 is 7.30. The van der Waals surface area contributed by atoms with Crippen LogP contribution in [0.25, 0.3) is 6.08 Å². The van der Waals surface area contributed by atoms with Gasteiger partial charge in [-0.25, -0.2) is 0 Å². The van der Waals surface area contributed by atoms with E-state index in [-0.39, 0.29) is 22.4 Å². The molecule has 1 saturated heterocycles. The van der Waals surface area contributed by atoms with Crippen LogP contribution in [0.5, 0.6) is 11.5 Å². The number of likely N-dealkylation sites (N-methyl/N-ethyl adjacent to an activating group) is 1. The average Bonchev–Trinajstić information content (AvgIpc) is 2.78. The Morgan fingerprint density at radius 2 is 2.18 bits per heavy atom. The highest BCUT2D eigenvalue weighted by Crippen LogP contribution is 2.37. The molecular formula is C15H17ClN2O3S. The van der Waals surface area contributed by atoms with Crippen molar-refractivity contribution in [2.75, 3.05) is 20.2 Å². The molecule has 0 atom stereocenters. The van der Waals surface area contributed by atoms with Gasteiger partial charge in [-0.2, -0.15) is 0 Å². The van der Waals surface area contributed by atoms with E-state index in [1.165, 1.54) is 18.9 Å². The SMILES string of the molecule is CCN=C1S/C(=C\c2cc(Cl)c(O)c(OC)c2)C(=O)N1CC. The van der Waals surface area contributed by atoms with Gasteiger partial charge >= 0.3 is 0 Å². The number of nitrogens with zero attached hydrogens (tertiary/aromatic N) is 2. The second-order valence-corrected chi connectivity index (χ2v) is 5.89. The molecule has 1 heterocycles. The predicted octanol–water partition coefficient (Wildman–Crippen LogP) is 3.37. The third kappa shape index (κ3) is 3.23. The second-order valence-electron chi connectivity index (χ2n) is 4.47. The molecule has 118 valence electrons. The van der Waals surface area contributed by atoms with Gasteiger partial charge in [0, 0.05) is 13.1 Å². The fraction of sp³-hybridized carbons (Fsp3) is 0.333. The first-order valence-corrected chi connectivity index (χ1v) is 8.03. The summed E-state index contributed by atoms with van der Waals surface area (Å²) in [6, 6.07) is 3.22. The summed E-state index contributed by atoms with van der Waals surface area (Å²) in [6.07, 6.45) is 1.72. The zero-order valence-corrected chi connectivity index (χ0v) is 14.2. The molecule has 1 aliphatic rings. The van der Waals surface area contributed by atoms with Crippen molar-refractivity contribution in [1.82, 2.24) is 4.90 Å². The number of thioether (sulfide) groups is 1. The van der Waals surface area contributed by atoms with Crippen LogP contribution < -0.4 is 4.74 Å². The molecule has 0 bridgehead atoms. The van der Waals surface area contributed by atoms with Crippen molar-refractivity contribution in [3.8, 4) is 11.5 Å². The maximum Gasteiger partial charge on any atom is 0.266 e. The van der Waals surface area contributed by atoms with Gasteiger partial charge in [0.05, 0.1) is 17.0 Å². The molecule has 0 spiro atoms. The average molecular weight is 341 g/mol. The lowest BCUT2D eigenvalue weighted by molar-refractivity contribution is -0.122. The predicted molar refractivity (Wildman–Crippen MR) is 90.6 cm³/mol. The number of amidine groups is 1. The van der Waals surface area contributed by atoms with Gasteiger partial charge in [0.25, 0.3) is 5.91 Å². The molecule has 1 N–H and O–H groups in total. The number of halogens is 1. The normalized spacial score (nSPS) is 18.5. The summed E-state index contributed by atoms with van der Waals surface area (Å²) < 4.78 is 5.07. The number of phenolic OH excluding ortho intramolecular Hbond substituents is 1. The van der Waals surface area contributed by atoms with E-state index in [0.717, 1.165) is 0 Å². The van der Waals surface area contributed by atoms with Crippen LogP contribution in [0.1, 0.15) is 19.4 Å². The summed E-state index contributed by atoms with van der Waals surface area (Å²) in [5.74, 6) is 0.0765. The van der Waals surface area contributed by atoms with Crippen molar-refractivity contribution < 1.29 is 14.6 Å². The molecule has 1 aliphatic heterocycles. The third-order valence-electron chi connectivity index (χ3n) is 3.07. The topological polar surface area (TPSA) is 62.1 Å². The van der Waals surface area contributed by atoms with Crippen LogP contribution in [0.2, 0.25) is 5.02 Å². The monoisotopic (exact) mass is 340 g/mol. The molecule has 0 saturated carbocycles. The largest absolute Gasteiger partial charge is 0.503 e. The van der Waals surface area contributed by atoms with Gasteiger partial charge in [0.15, 0.2) is 16.7 Å². The van der Waals surface area contributed by atoms with Gasteiger partial charge in [-0.05, 0) is 49.4 Å². The Kier molecular flexibility index (Phi) is 5.37. The molecule has 2 rings (SSSR count). The Labute approximate surface area is 138 Å². The third-order valence-corrected chi connectivity index (χ3v) is 4.40. The van der Waals surface area contributed by atoms with Crippen LogP contribution in [0, 0.1) is 0 Å². The maximum atomic E-state index is 12.4. The standard InChI is InChI=1S/C15H17ClN2O3S/c1-4-17-15-18(5-2)14(20)12(22-15)8-9-6-10(16)13(19)11(7-9)21-3/h6-8,19H,4-5H2,1-3H3/b12-8-,17-15?. The molecule has 1 aromatic rings. The summed E-state index contributed by atoms with van der Waals surface area (Å²) in [7, 11) is 1.45. The van der Waals surface area contributed by atoms with E-state index in [1.807, 2.05) is 13.8 Å². The van der Waals surface area contributed by atoms with Crippen molar-refractivity contribution in [2.24, 2.45) is 4.99 Å². The van der Waals surface area contributed by atoms with E-state index < -0.39 is 0 Å². The Morgan fingerprint density at radius 3 is 2.77 bits per heavy atom. The lowest BCUT2D eigenvalue weighted by Gasteiger charge is -2.11.